The molecule has 0 saturated carbocycles. The molecule has 0 fully saturated rings. The van der Waals surface area contributed by atoms with Gasteiger partial charge in [-0.05, 0) is 24.5 Å². The van der Waals surface area contributed by atoms with Gasteiger partial charge in [-0.2, -0.15) is 0 Å². The number of nitrogens with two attached hydrogens (primary N) is 1. The van der Waals surface area contributed by atoms with Crippen LogP contribution in [0.4, 0.5) is 0 Å². The number of ether oxygens (including phenoxy) is 1. The Hall–Kier alpha value is -1.97. The quantitative estimate of drug-likeness (QED) is 0.737. The number of carboxylic acid groups (broad SMARTS) is 1. The molecule has 0 atom stereocenters. The van der Waals surface area contributed by atoms with E-state index in [0.29, 0.717) is 6.61 Å². The zero-order valence-corrected chi connectivity index (χ0v) is 8.77. The average Bonchev–Trinajstić information content (AvgIpc) is 2.29. The second-order valence-electron chi connectivity index (χ2n) is 3.69. The molecule has 4 heteroatoms. The minimum Gasteiger partial charge on any atom is -0.493 e. The first-order valence-corrected chi connectivity index (χ1v) is 5.13. The van der Waals surface area contributed by atoms with Crippen LogP contribution in [0.1, 0.15) is 17.5 Å². The van der Waals surface area contributed by atoms with Gasteiger partial charge in [0.2, 0.25) is 0 Å². The number of carboxylic acids is 1. The molecular formula is C12H13NO3. The van der Waals surface area contributed by atoms with Gasteiger partial charge in [0.25, 0.3) is 0 Å². The number of aliphatic carboxylic acids is 1. The van der Waals surface area contributed by atoms with E-state index in [9.17, 15) is 4.79 Å². The van der Waals surface area contributed by atoms with Crippen LogP contribution in [-0.2, 0) is 11.2 Å². The van der Waals surface area contributed by atoms with Crippen molar-refractivity contribution in [2.75, 3.05) is 6.61 Å². The van der Waals surface area contributed by atoms with Crippen LogP contribution in [0.15, 0.2) is 23.9 Å². The summed E-state index contributed by atoms with van der Waals surface area (Å²) in [5.74, 6) is -0.355. The van der Waals surface area contributed by atoms with Crippen LogP contribution < -0.4 is 10.5 Å². The Balaban J connectivity index is 2.42. The smallest absolute Gasteiger partial charge is 0.351 e. The monoisotopic (exact) mass is 219 g/mol. The molecule has 1 aliphatic rings. The van der Waals surface area contributed by atoms with Gasteiger partial charge in [0.05, 0.1) is 6.61 Å². The van der Waals surface area contributed by atoms with E-state index >= 15 is 0 Å². The molecule has 2 rings (SSSR count). The predicted molar refractivity (Wildman–Crippen MR) is 60.1 cm³/mol. The lowest BCUT2D eigenvalue weighted by molar-refractivity contribution is -0.132. The van der Waals surface area contributed by atoms with E-state index in [2.05, 4.69) is 0 Å². The average molecular weight is 219 g/mol. The van der Waals surface area contributed by atoms with Crippen LogP contribution in [0.25, 0.3) is 6.08 Å². The minimum atomic E-state index is -1.12. The fourth-order valence-corrected chi connectivity index (χ4v) is 1.76. The standard InChI is InChI=1S/C12H13NO3/c13-10(12(14)15)7-9-4-1-3-8-5-2-6-16-11(8)9/h1,3-4,7H,2,5-6,13H2,(H,14,15)/b10-7+. The highest BCUT2D eigenvalue weighted by molar-refractivity contribution is 5.91. The molecule has 0 spiro atoms. The van der Waals surface area contributed by atoms with Crippen LogP contribution in [0.2, 0.25) is 0 Å². The molecule has 0 radical (unpaired) electrons. The van der Waals surface area contributed by atoms with Crippen molar-refractivity contribution in [3.05, 3.63) is 35.0 Å². The van der Waals surface area contributed by atoms with E-state index in [4.69, 9.17) is 15.6 Å². The molecular weight excluding hydrogens is 206 g/mol. The van der Waals surface area contributed by atoms with E-state index in [1.165, 1.54) is 6.08 Å². The summed E-state index contributed by atoms with van der Waals surface area (Å²) in [6, 6.07) is 5.68. The van der Waals surface area contributed by atoms with Crippen LogP contribution in [0.5, 0.6) is 5.75 Å². The fourth-order valence-electron chi connectivity index (χ4n) is 1.76. The largest absolute Gasteiger partial charge is 0.493 e. The summed E-state index contributed by atoms with van der Waals surface area (Å²) < 4.78 is 5.54. The van der Waals surface area contributed by atoms with Gasteiger partial charge in [-0.15, -0.1) is 0 Å². The van der Waals surface area contributed by atoms with Gasteiger partial charge < -0.3 is 15.6 Å². The van der Waals surface area contributed by atoms with Gasteiger partial charge in [0.1, 0.15) is 11.4 Å². The lowest BCUT2D eigenvalue weighted by atomic mass is 10.0. The molecule has 0 aromatic heterocycles. The number of hydrogen-bond acceptors (Lipinski definition) is 3. The Morgan fingerprint density at radius 1 is 1.50 bits per heavy atom. The van der Waals surface area contributed by atoms with Gasteiger partial charge >= 0.3 is 5.97 Å². The van der Waals surface area contributed by atoms with Crippen molar-refractivity contribution >= 4 is 12.0 Å². The summed E-state index contributed by atoms with van der Waals surface area (Å²) in [4.78, 5) is 10.6. The van der Waals surface area contributed by atoms with Gasteiger partial charge in [-0.25, -0.2) is 4.79 Å². The van der Waals surface area contributed by atoms with Gasteiger partial charge in [-0.1, -0.05) is 18.2 Å². The van der Waals surface area contributed by atoms with Gasteiger partial charge in [0, 0.05) is 5.56 Å². The van der Waals surface area contributed by atoms with Crippen LogP contribution in [0.3, 0.4) is 0 Å². The highest BCUT2D eigenvalue weighted by Crippen LogP contribution is 2.29. The zero-order chi connectivity index (χ0) is 11.5. The van der Waals surface area contributed by atoms with Crippen molar-refractivity contribution in [3.8, 4) is 5.75 Å². The molecule has 0 amide bonds. The first-order chi connectivity index (χ1) is 7.68. The van der Waals surface area contributed by atoms with Crippen molar-refractivity contribution in [1.29, 1.82) is 0 Å². The maximum atomic E-state index is 10.6. The van der Waals surface area contributed by atoms with Crippen molar-refractivity contribution in [2.45, 2.75) is 12.8 Å². The van der Waals surface area contributed by atoms with Crippen LogP contribution in [-0.4, -0.2) is 17.7 Å². The summed E-state index contributed by atoms with van der Waals surface area (Å²) in [6.45, 7) is 0.671. The topological polar surface area (TPSA) is 72.5 Å². The number of carbonyl (C=O) groups is 1. The summed E-state index contributed by atoms with van der Waals surface area (Å²) >= 11 is 0. The number of hydrogen-bond donors (Lipinski definition) is 2. The lowest BCUT2D eigenvalue weighted by Crippen LogP contribution is -2.12. The third-order valence-electron chi connectivity index (χ3n) is 2.52. The SMILES string of the molecule is N/C(=C/c1cccc2c1OCCC2)C(=O)O. The Bertz CT molecular complexity index is 452. The van der Waals surface area contributed by atoms with E-state index < -0.39 is 5.97 Å². The number of para-hydroxylation sites is 1. The number of aryl methyl sites for hydroxylation is 1. The molecule has 0 unspecified atom stereocenters. The second-order valence-corrected chi connectivity index (χ2v) is 3.69. The predicted octanol–water partition coefficient (Wildman–Crippen LogP) is 1.40. The molecule has 1 heterocycles. The Kier molecular flexibility index (Phi) is 2.81. The summed E-state index contributed by atoms with van der Waals surface area (Å²) in [5, 5.41) is 8.71. The minimum absolute atomic E-state index is 0.178. The first-order valence-electron chi connectivity index (χ1n) is 5.13. The fraction of sp³-hybridized carbons (Fsp3) is 0.250. The highest BCUT2D eigenvalue weighted by Gasteiger charge is 2.13. The van der Waals surface area contributed by atoms with Gasteiger partial charge in [0.15, 0.2) is 0 Å². The summed E-state index contributed by atoms with van der Waals surface area (Å²) in [6.07, 6.45) is 3.39. The Morgan fingerprint density at radius 3 is 3.06 bits per heavy atom. The first kappa shape index (κ1) is 10.5. The molecule has 84 valence electrons. The molecule has 4 nitrogen and oxygen atoms in total. The third kappa shape index (κ3) is 2.00. The Labute approximate surface area is 93.3 Å². The molecule has 1 aromatic rings. The van der Waals surface area contributed by atoms with Crippen molar-refractivity contribution in [3.63, 3.8) is 0 Å². The van der Waals surface area contributed by atoms with Crippen molar-refractivity contribution < 1.29 is 14.6 Å². The molecule has 0 aliphatic carbocycles. The van der Waals surface area contributed by atoms with E-state index in [-0.39, 0.29) is 5.70 Å². The maximum absolute atomic E-state index is 10.6. The maximum Gasteiger partial charge on any atom is 0.351 e. The van der Waals surface area contributed by atoms with Crippen molar-refractivity contribution in [2.24, 2.45) is 5.73 Å². The van der Waals surface area contributed by atoms with E-state index in [1.54, 1.807) is 6.07 Å². The molecule has 1 aromatic carbocycles. The molecule has 0 saturated heterocycles. The van der Waals surface area contributed by atoms with E-state index in [0.717, 1.165) is 29.7 Å². The summed E-state index contributed by atoms with van der Waals surface area (Å²) in [5.41, 5.74) is 7.05. The van der Waals surface area contributed by atoms with Crippen LogP contribution in [0, 0.1) is 0 Å². The number of benzene rings is 1. The van der Waals surface area contributed by atoms with Crippen molar-refractivity contribution in [1.82, 2.24) is 0 Å². The molecule has 16 heavy (non-hydrogen) atoms. The van der Waals surface area contributed by atoms with E-state index in [1.807, 2.05) is 12.1 Å². The Morgan fingerprint density at radius 2 is 2.31 bits per heavy atom. The van der Waals surface area contributed by atoms with Crippen LogP contribution >= 0.6 is 0 Å². The lowest BCUT2D eigenvalue weighted by Gasteiger charge is -2.19. The highest BCUT2D eigenvalue weighted by atomic mass is 16.5. The molecule has 0 bridgehead atoms. The third-order valence-corrected chi connectivity index (χ3v) is 2.52. The zero-order valence-electron chi connectivity index (χ0n) is 8.77. The van der Waals surface area contributed by atoms with Gasteiger partial charge in [-0.3, -0.25) is 0 Å². The number of fused-ring (bicyclic) bond motifs is 1. The molecule has 3 N–H and O–H groups in total. The second kappa shape index (κ2) is 4.26. The normalized spacial score (nSPS) is 15.1. The summed E-state index contributed by atoms with van der Waals surface area (Å²) in [7, 11) is 0. The molecule has 1 aliphatic heterocycles. The number of rotatable bonds is 2.